The lowest BCUT2D eigenvalue weighted by atomic mass is 10.0. The van der Waals surface area contributed by atoms with Crippen molar-refractivity contribution in [3.05, 3.63) is 40.4 Å². The van der Waals surface area contributed by atoms with Gasteiger partial charge < -0.3 is 4.90 Å². The van der Waals surface area contributed by atoms with E-state index in [2.05, 4.69) is 23.7 Å². The monoisotopic (exact) mass is 293 g/mol. The number of hydrogen-bond acceptors (Lipinski definition) is 3. The molecule has 0 saturated carbocycles. The van der Waals surface area contributed by atoms with E-state index in [4.69, 9.17) is 11.6 Å². The number of rotatable bonds is 4. The molecule has 1 aromatic heterocycles. The Morgan fingerprint density at radius 1 is 1.30 bits per heavy atom. The van der Waals surface area contributed by atoms with Crippen molar-refractivity contribution < 1.29 is 0 Å². The minimum atomic E-state index is -0.158. The molecule has 4 nitrogen and oxygen atoms in total. The maximum Gasteiger partial charge on any atom is 0.261 e. The Labute approximate surface area is 124 Å². The summed E-state index contributed by atoms with van der Waals surface area (Å²) in [6, 6.07) is 7.38. The SMILES string of the molecule is CN(C)C(C)(C)Cn1c(CCl)nc2ccccc2c1=O. The van der Waals surface area contributed by atoms with Crippen molar-refractivity contribution >= 4 is 22.5 Å². The molecular formula is C15H20ClN3O. The number of likely N-dealkylation sites (N-methyl/N-ethyl adjacent to an activating group) is 1. The lowest BCUT2D eigenvalue weighted by molar-refractivity contribution is 0.166. The Hall–Kier alpha value is -1.39. The molecule has 0 fully saturated rings. The van der Waals surface area contributed by atoms with Crippen molar-refractivity contribution in [1.82, 2.24) is 14.5 Å². The average Bonchev–Trinajstić information content (AvgIpc) is 2.41. The van der Waals surface area contributed by atoms with E-state index < -0.39 is 0 Å². The Balaban J connectivity index is 2.63. The molecule has 108 valence electrons. The number of benzene rings is 1. The van der Waals surface area contributed by atoms with Crippen LogP contribution < -0.4 is 5.56 Å². The summed E-state index contributed by atoms with van der Waals surface area (Å²) in [5, 5.41) is 0.635. The number of hydrogen-bond donors (Lipinski definition) is 0. The van der Waals surface area contributed by atoms with Crippen LogP contribution in [0.1, 0.15) is 19.7 Å². The van der Waals surface area contributed by atoms with Crippen LogP contribution in [0.4, 0.5) is 0 Å². The largest absolute Gasteiger partial charge is 0.302 e. The Kier molecular flexibility index (Phi) is 4.16. The molecule has 0 N–H and O–H groups in total. The summed E-state index contributed by atoms with van der Waals surface area (Å²) in [7, 11) is 4.00. The summed E-state index contributed by atoms with van der Waals surface area (Å²) in [4.78, 5) is 19.3. The number of nitrogens with zero attached hydrogens (tertiary/aromatic N) is 3. The van der Waals surface area contributed by atoms with E-state index in [1.807, 2.05) is 38.4 Å². The van der Waals surface area contributed by atoms with E-state index in [1.165, 1.54) is 0 Å². The standard InChI is InChI=1S/C15H20ClN3O/c1-15(2,18(3)4)10-19-13(9-16)17-12-8-6-5-7-11(12)14(19)20/h5-8H,9-10H2,1-4H3. The quantitative estimate of drug-likeness (QED) is 0.813. The first-order valence-electron chi connectivity index (χ1n) is 6.58. The van der Waals surface area contributed by atoms with Crippen molar-refractivity contribution in [3.8, 4) is 0 Å². The molecule has 1 aromatic carbocycles. The van der Waals surface area contributed by atoms with Crippen molar-refractivity contribution in [3.63, 3.8) is 0 Å². The molecule has 0 saturated heterocycles. The second-order valence-electron chi connectivity index (χ2n) is 5.78. The highest BCUT2D eigenvalue weighted by atomic mass is 35.5. The van der Waals surface area contributed by atoms with Crippen molar-refractivity contribution in [2.45, 2.75) is 31.8 Å². The molecule has 1 heterocycles. The van der Waals surface area contributed by atoms with E-state index >= 15 is 0 Å². The fourth-order valence-corrected chi connectivity index (χ4v) is 2.21. The molecule has 0 amide bonds. The van der Waals surface area contributed by atoms with Crippen LogP contribution >= 0.6 is 11.6 Å². The van der Waals surface area contributed by atoms with Crippen LogP contribution in [0.5, 0.6) is 0 Å². The van der Waals surface area contributed by atoms with Crippen LogP contribution in [-0.2, 0) is 12.4 Å². The molecule has 0 radical (unpaired) electrons. The second kappa shape index (κ2) is 5.54. The second-order valence-corrected chi connectivity index (χ2v) is 6.04. The molecule has 0 unspecified atom stereocenters. The zero-order valence-electron chi connectivity index (χ0n) is 12.4. The number of para-hydroxylation sites is 1. The smallest absolute Gasteiger partial charge is 0.261 e. The van der Waals surface area contributed by atoms with Gasteiger partial charge in [-0.2, -0.15) is 0 Å². The normalized spacial score (nSPS) is 12.3. The summed E-state index contributed by atoms with van der Waals surface area (Å²) in [6.45, 7) is 4.73. The number of halogens is 1. The fraction of sp³-hybridized carbons (Fsp3) is 0.467. The highest BCUT2D eigenvalue weighted by Crippen LogP contribution is 2.16. The first kappa shape index (κ1) is 15.0. The van der Waals surface area contributed by atoms with Crippen molar-refractivity contribution in [2.75, 3.05) is 14.1 Å². The van der Waals surface area contributed by atoms with Gasteiger partial charge in [-0.3, -0.25) is 9.36 Å². The third-order valence-corrected chi connectivity index (χ3v) is 4.05. The number of fused-ring (bicyclic) bond motifs is 1. The van der Waals surface area contributed by atoms with Gasteiger partial charge in [0.2, 0.25) is 0 Å². The van der Waals surface area contributed by atoms with Gasteiger partial charge >= 0.3 is 0 Å². The maximum atomic E-state index is 12.7. The number of alkyl halides is 1. The van der Waals surface area contributed by atoms with Crippen LogP contribution in [0.25, 0.3) is 10.9 Å². The average molecular weight is 294 g/mol. The van der Waals surface area contributed by atoms with Gasteiger partial charge in [0.1, 0.15) is 5.82 Å². The van der Waals surface area contributed by atoms with Gasteiger partial charge in [0, 0.05) is 12.1 Å². The summed E-state index contributed by atoms with van der Waals surface area (Å²) < 4.78 is 1.69. The van der Waals surface area contributed by atoms with E-state index in [-0.39, 0.29) is 17.0 Å². The summed E-state index contributed by atoms with van der Waals surface area (Å²) in [5.74, 6) is 0.842. The van der Waals surface area contributed by atoms with Gasteiger partial charge in [-0.05, 0) is 40.1 Å². The lowest BCUT2D eigenvalue weighted by Crippen LogP contribution is -2.45. The summed E-state index contributed by atoms with van der Waals surface area (Å²) in [5.41, 5.74) is 0.516. The third kappa shape index (κ3) is 2.72. The molecule has 0 aliphatic heterocycles. The van der Waals surface area contributed by atoms with E-state index in [9.17, 15) is 4.79 Å². The van der Waals surface area contributed by atoms with Crippen molar-refractivity contribution in [2.24, 2.45) is 0 Å². The zero-order chi connectivity index (χ0) is 14.9. The molecular weight excluding hydrogens is 274 g/mol. The highest BCUT2D eigenvalue weighted by Gasteiger charge is 2.23. The minimum Gasteiger partial charge on any atom is -0.302 e. The Morgan fingerprint density at radius 3 is 2.55 bits per heavy atom. The fourth-order valence-electron chi connectivity index (χ4n) is 2.01. The van der Waals surface area contributed by atoms with Gasteiger partial charge in [-0.15, -0.1) is 11.6 Å². The Bertz CT molecular complexity index is 676. The first-order chi connectivity index (χ1) is 9.36. The predicted octanol–water partition coefficient (Wildman–Crippen LogP) is 2.48. The number of aromatic nitrogens is 2. The van der Waals surface area contributed by atoms with E-state index in [1.54, 1.807) is 4.57 Å². The summed E-state index contributed by atoms with van der Waals surface area (Å²) >= 11 is 5.98. The lowest BCUT2D eigenvalue weighted by Gasteiger charge is -2.33. The molecule has 2 aromatic rings. The van der Waals surface area contributed by atoms with Gasteiger partial charge in [-0.25, -0.2) is 4.98 Å². The first-order valence-corrected chi connectivity index (χ1v) is 7.12. The highest BCUT2D eigenvalue weighted by molar-refractivity contribution is 6.16. The molecule has 0 aliphatic rings. The minimum absolute atomic E-state index is 0.0267. The molecule has 0 atom stereocenters. The van der Waals surface area contributed by atoms with Crippen LogP contribution in [0, 0.1) is 0 Å². The molecule has 20 heavy (non-hydrogen) atoms. The third-order valence-electron chi connectivity index (χ3n) is 3.82. The molecule has 2 rings (SSSR count). The Morgan fingerprint density at radius 2 is 1.95 bits per heavy atom. The van der Waals surface area contributed by atoms with Crippen LogP contribution in [-0.4, -0.2) is 34.1 Å². The van der Waals surface area contributed by atoms with Crippen LogP contribution in [0.2, 0.25) is 0 Å². The predicted molar refractivity (Wildman–Crippen MR) is 83.3 cm³/mol. The molecule has 0 aliphatic carbocycles. The maximum absolute atomic E-state index is 12.7. The van der Waals surface area contributed by atoms with Gasteiger partial charge in [0.05, 0.1) is 16.8 Å². The van der Waals surface area contributed by atoms with Gasteiger partial charge in [0.25, 0.3) is 5.56 Å². The van der Waals surface area contributed by atoms with E-state index in [0.717, 1.165) is 0 Å². The molecule has 5 heteroatoms. The summed E-state index contributed by atoms with van der Waals surface area (Å²) in [6.07, 6.45) is 0. The topological polar surface area (TPSA) is 38.1 Å². The van der Waals surface area contributed by atoms with E-state index in [0.29, 0.717) is 23.3 Å². The van der Waals surface area contributed by atoms with Crippen LogP contribution in [0.3, 0.4) is 0 Å². The van der Waals surface area contributed by atoms with Crippen molar-refractivity contribution in [1.29, 1.82) is 0 Å². The van der Waals surface area contributed by atoms with Crippen LogP contribution in [0.15, 0.2) is 29.1 Å². The van der Waals surface area contributed by atoms with Gasteiger partial charge in [0.15, 0.2) is 0 Å². The van der Waals surface area contributed by atoms with Gasteiger partial charge in [-0.1, -0.05) is 12.1 Å². The molecule has 0 bridgehead atoms. The molecule has 0 spiro atoms. The zero-order valence-corrected chi connectivity index (χ0v) is 13.1.